The van der Waals surface area contributed by atoms with Gasteiger partial charge in [-0.25, -0.2) is 4.39 Å². The van der Waals surface area contributed by atoms with E-state index in [1.807, 2.05) is 6.92 Å². The molecule has 2 atom stereocenters. The van der Waals surface area contributed by atoms with Crippen LogP contribution in [0.1, 0.15) is 43.0 Å². The van der Waals surface area contributed by atoms with Crippen molar-refractivity contribution in [1.82, 2.24) is 5.32 Å². The molecule has 7 heteroatoms. The van der Waals surface area contributed by atoms with Crippen LogP contribution in [0.4, 0.5) is 10.1 Å². The molecule has 6 nitrogen and oxygen atoms in total. The summed E-state index contributed by atoms with van der Waals surface area (Å²) in [6.45, 7) is 1.84. The Morgan fingerprint density at radius 2 is 1.92 bits per heavy atom. The van der Waals surface area contributed by atoms with Crippen molar-refractivity contribution >= 4 is 11.6 Å². The first-order chi connectivity index (χ1) is 11.9. The lowest BCUT2D eigenvalue weighted by molar-refractivity contribution is -0.384. The average Bonchev–Trinajstić information content (AvgIpc) is 2.59. The first-order valence-corrected chi connectivity index (χ1v) is 7.88. The molecule has 0 saturated heterocycles. The highest BCUT2D eigenvalue weighted by Crippen LogP contribution is 2.23. The lowest BCUT2D eigenvalue weighted by Crippen LogP contribution is -2.29. The van der Waals surface area contributed by atoms with Crippen molar-refractivity contribution in [2.75, 3.05) is 0 Å². The van der Waals surface area contributed by atoms with Gasteiger partial charge in [0.15, 0.2) is 0 Å². The van der Waals surface area contributed by atoms with Crippen LogP contribution in [0, 0.1) is 15.9 Å². The number of aliphatic hydroxyl groups is 1. The van der Waals surface area contributed by atoms with Crippen LogP contribution < -0.4 is 5.32 Å². The van der Waals surface area contributed by atoms with Crippen molar-refractivity contribution in [3.05, 3.63) is 75.6 Å². The number of carbonyl (C=O) groups is 1. The number of nitro benzene ring substituents is 1. The van der Waals surface area contributed by atoms with Crippen LogP contribution in [0.5, 0.6) is 0 Å². The second-order valence-corrected chi connectivity index (χ2v) is 5.66. The molecule has 0 aliphatic rings. The summed E-state index contributed by atoms with van der Waals surface area (Å²) in [7, 11) is 0. The summed E-state index contributed by atoms with van der Waals surface area (Å²) in [5, 5.41) is 23.7. The monoisotopic (exact) mass is 346 g/mol. The van der Waals surface area contributed by atoms with Gasteiger partial charge in [0.1, 0.15) is 5.82 Å². The summed E-state index contributed by atoms with van der Waals surface area (Å²) >= 11 is 0. The molecule has 0 bridgehead atoms. The molecular formula is C18H19FN2O4. The maximum atomic E-state index is 13.2. The van der Waals surface area contributed by atoms with E-state index in [9.17, 15) is 24.4 Å². The third kappa shape index (κ3) is 5.09. The van der Waals surface area contributed by atoms with Crippen LogP contribution in [0.15, 0.2) is 48.5 Å². The minimum atomic E-state index is -1.13. The van der Waals surface area contributed by atoms with E-state index in [1.165, 1.54) is 30.3 Å². The maximum Gasteiger partial charge on any atom is 0.269 e. The van der Waals surface area contributed by atoms with Gasteiger partial charge in [-0.05, 0) is 29.7 Å². The smallest absolute Gasteiger partial charge is 0.269 e. The lowest BCUT2D eigenvalue weighted by Gasteiger charge is -2.19. The summed E-state index contributed by atoms with van der Waals surface area (Å²) in [6, 6.07) is 11.1. The fourth-order valence-electron chi connectivity index (χ4n) is 2.54. The second-order valence-electron chi connectivity index (χ2n) is 5.66. The summed E-state index contributed by atoms with van der Waals surface area (Å²) < 4.78 is 13.2. The van der Waals surface area contributed by atoms with Gasteiger partial charge in [0.05, 0.1) is 23.5 Å². The third-order valence-corrected chi connectivity index (χ3v) is 3.84. The van der Waals surface area contributed by atoms with Crippen LogP contribution in [-0.2, 0) is 4.79 Å². The molecule has 2 unspecified atom stereocenters. The van der Waals surface area contributed by atoms with Crippen LogP contribution >= 0.6 is 0 Å². The van der Waals surface area contributed by atoms with Crippen LogP contribution in [0.2, 0.25) is 0 Å². The highest BCUT2D eigenvalue weighted by Gasteiger charge is 2.19. The molecule has 0 aliphatic heterocycles. The van der Waals surface area contributed by atoms with Crippen molar-refractivity contribution in [3.8, 4) is 0 Å². The number of benzene rings is 2. The van der Waals surface area contributed by atoms with Gasteiger partial charge in [0, 0.05) is 12.1 Å². The molecule has 2 aromatic carbocycles. The Balaban J connectivity index is 2.04. The number of hydrogen-bond acceptors (Lipinski definition) is 4. The van der Waals surface area contributed by atoms with Gasteiger partial charge in [0.2, 0.25) is 5.91 Å². The molecule has 2 N–H and O–H groups in total. The summed E-state index contributed by atoms with van der Waals surface area (Å²) in [6.07, 6.45) is -0.823. The van der Waals surface area contributed by atoms with Gasteiger partial charge < -0.3 is 10.4 Å². The quantitative estimate of drug-likeness (QED) is 0.593. The predicted molar refractivity (Wildman–Crippen MR) is 90.2 cm³/mol. The summed E-state index contributed by atoms with van der Waals surface area (Å²) in [4.78, 5) is 22.6. The highest BCUT2D eigenvalue weighted by molar-refractivity contribution is 5.77. The topological polar surface area (TPSA) is 92.5 Å². The second kappa shape index (κ2) is 8.34. The first kappa shape index (κ1) is 18.5. The number of nitro groups is 1. The molecule has 0 fully saturated rings. The van der Waals surface area contributed by atoms with Crippen molar-refractivity contribution in [2.45, 2.75) is 31.9 Å². The minimum absolute atomic E-state index is 0.0509. The van der Waals surface area contributed by atoms with E-state index in [2.05, 4.69) is 5.32 Å². The summed E-state index contributed by atoms with van der Waals surface area (Å²) in [5.41, 5.74) is 0.883. The van der Waals surface area contributed by atoms with Gasteiger partial charge in [-0.2, -0.15) is 0 Å². The van der Waals surface area contributed by atoms with E-state index in [4.69, 9.17) is 0 Å². The number of non-ortho nitro benzene ring substituents is 1. The minimum Gasteiger partial charge on any atom is -0.388 e. The standard InChI is InChI=1S/C18H19FN2O4/c1-2-16(12-5-4-8-15(10-12)21(24)25)20-18(23)11-17(22)13-6-3-7-14(19)9-13/h3-10,16-17,22H,2,11H2,1H3,(H,20,23). The number of amides is 1. The zero-order chi connectivity index (χ0) is 18.4. The number of rotatable bonds is 7. The van der Waals surface area contributed by atoms with Gasteiger partial charge in [-0.3, -0.25) is 14.9 Å². The Bertz CT molecular complexity index is 766. The number of halogens is 1. The third-order valence-electron chi connectivity index (χ3n) is 3.84. The predicted octanol–water partition coefficient (Wildman–Crippen LogP) is 3.42. The van der Waals surface area contributed by atoms with Crippen LogP contribution in [0.3, 0.4) is 0 Å². The van der Waals surface area contributed by atoms with E-state index in [0.29, 0.717) is 17.5 Å². The molecule has 0 heterocycles. The van der Waals surface area contributed by atoms with Crippen LogP contribution in [0.25, 0.3) is 0 Å². The Kier molecular flexibility index (Phi) is 6.19. The molecule has 0 saturated carbocycles. The van der Waals surface area contributed by atoms with Gasteiger partial charge in [-0.1, -0.05) is 31.2 Å². The molecule has 2 rings (SSSR count). The Hall–Kier alpha value is -2.80. The fraction of sp³-hybridized carbons (Fsp3) is 0.278. The highest BCUT2D eigenvalue weighted by atomic mass is 19.1. The largest absolute Gasteiger partial charge is 0.388 e. The van der Waals surface area contributed by atoms with E-state index >= 15 is 0 Å². The Labute approximate surface area is 144 Å². The van der Waals surface area contributed by atoms with E-state index in [0.717, 1.165) is 0 Å². The van der Waals surface area contributed by atoms with E-state index < -0.39 is 28.8 Å². The maximum absolute atomic E-state index is 13.2. The Morgan fingerprint density at radius 3 is 2.56 bits per heavy atom. The van der Waals surface area contributed by atoms with Gasteiger partial charge in [-0.15, -0.1) is 0 Å². The molecule has 0 aliphatic carbocycles. The van der Waals surface area contributed by atoms with Crippen molar-refractivity contribution in [2.24, 2.45) is 0 Å². The zero-order valence-corrected chi connectivity index (χ0v) is 13.7. The molecule has 0 aromatic heterocycles. The molecular weight excluding hydrogens is 327 g/mol. The summed E-state index contributed by atoms with van der Waals surface area (Å²) in [5.74, 6) is -0.907. The molecule has 25 heavy (non-hydrogen) atoms. The van der Waals surface area contributed by atoms with Crippen molar-refractivity contribution < 1.29 is 19.2 Å². The number of nitrogens with one attached hydrogen (secondary N) is 1. The molecule has 132 valence electrons. The average molecular weight is 346 g/mol. The number of carbonyl (C=O) groups excluding carboxylic acids is 1. The lowest BCUT2D eigenvalue weighted by atomic mass is 10.0. The normalized spacial score (nSPS) is 13.1. The van der Waals surface area contributed by atoms with Crippen molar-refractivity contribution in [1.29, 1.82) is 0 Å². The number of nitrogens with zero attached hydrogens (tertiary/aromatic N) is 1. The number of hydrogen-bond donors (Lipinski definition) is 2. The molecule has 0 radical (unpaired) electrons. The van der Waals surface area contributed by atoms with Crippen LogP contribution in [-0.4, -0.2) is 15.9 Å². The molecule has 0 spiro atoms. The van der Waals surface area contributed by atoms with E-state index in [-0.39, 0.29) is 12.1 Å². The molecule has 2 aromatic rings. The first-order valence-electron chi connectivity index (χ1n) is 7.88. The van der Waals surface area contributed by atoms with Crippen molar-refractivity contribution in [3.63, 3.8) is 0 Å². The van der Waals surface area contributed by atoms with E-state index in [1.54, 1.807) is 18.2 Å². The number of aliphatic hydroxyl groups excluding tert-OH is 1. The fourth-order valence-corrected chi connectivity index (χ4v) is 2.54. The Morgan fingerprint density at radius 1 is 1.24 bits per heavy atom. The molecule has 1 amide bonds. The van der Waals surface area contributed by atoms with Gasteiger partial charge >= 0.3 is 0 Å². The van der Waals surface area contributed by atoms with Gasteiger partial charge in [0.25, 0.3) is 5.69 Å². The SMILES string of the molecule is CCC(NC(=O)CC(O)c1cccc(F)c1)c1cccc([N+](=O)[O-])c1. The zero-order valence-electron chi connectivity index (χ0n) is 13.7.